The summed E-state index contributed by atoms with van der Waals surface area (Å²) in [4.78, 5) is 7.48. The molecule has 0 unspecified atom stereocenters. The highest BCUT2D eigenvalue weighted by Crippen LogP contribution is 2.30. The zero-order valence-corrected chi connectivity index (χ0v) is 10.2. The Morgan fingerprint density at radius 1 is 0.882 bits per heavy atom. The molecule has 0 bridgehead atoms. The third kappa shape index (κ3) is 4.06. The van der Waals surface area contributed by atoms with Crippen molar-refractivity contribution in [2.45, 2.75) is 38.0 Å². The van der Waals surface area contributed by atoms with Crippen LogP contribution in [0.5, 0.6) is 0 Å². The minimum Gasteiger partial charge on any atom is -0.348 e. The second-order valence-electron chi connectivity index (χ2n) is 4.46. The van der Waals surface area contributed by atoms with Crippen molar-refractivity contribution in [3.63, 3.8) is 0 Å². The van der Waals surface area contributed by atoms with Gasteiger partial charge in [0.05, 0.1) is 0 Å². The maximum atomic E-state index is 4.28. The summed E-state index contributed by atoms with van der Waals surface area (Å²) in [5.74, 6) is 1.92. The summed E-state index contributed by atoms with van der Waals surface area (Å²) in [5.41, 5.74) is 0. The molecule has 2 nitrogen and oxygen atoms in total. The molecule has 0 amide bonds. The highest BCUT2D eigenvalue weighted by molar-refractivity contribution is 4.99. The fraction of sp³-hybridized carbons (Fsp3) is 0.400. The van der Waals surface area contributed by atoms with Crippen molar-refractivity contribution in [2.24, 2.45) is 0 Å². The van der Waals surface area contributed by atoms with Crippen molar-refractivity contribution < 1.29 is 0 Å². The number of hydrogen-bond acceptors (Lipinski definition) is 1. The molecule has 1 fully saturated rings. The van der Waals surface area contributed by atoms with Gasteiger partial charge in [-0.2, -0.15) is 0 Å². The average Bonchev–Trinajstić information content (AvgIpc) is 2.96. The number of nitrogens with zero attached hydrogens (tertiary/aromatic N) is 1. The third-order valence-electron chi connectivity index (χ3n) is 3.18. The van der Waals surface area contributed by atoms with E-state index in [1.807, 2.05) is 48.8 Å². The second kappa shape index (κ2) is 6.89. The van der Waals surface area contributed by atoms with Gasteiger partial charge in [-0.1, -0.05) is 55.7 Å². The van der Waals surface area contributed by atoms with Crippen LogP contribution in [0.15, 0.2) is 48.8 Å². The van der Waals surface area contributed by atoms with Gasteiger partial charge in [-0.05, 0) is 12.8 Å². The molecular weight excluding hydrogens is 208 g/mol. The quantitative estimate of drug-likeness (QED) is 0.780. The molecule has 1 aliphatic carbocycles. The number of H-pyrrole nitrogens is 1. The number of aromatic nitrogens is 2. The Hall–Kier alpha value is -1.57. The van der Waals surface area contributed by atoms with Crippen LogP contribution in [0.4, 0.5) is 0 Å². The molecule has 0 aliphatic heterocycles. The molecule has 2 heteroatoms. The Bertz CT molecular complexity index is 348. The fourth-order valence-electron chi connectivity index (χ4n) is 2.26. The Morgan fingerprint density at radius 3 is 1.94 bits per heavy atom. The van der Waals surface area contributed by atoms with Crippen molar-refractivity contribution in [3.8, 4) is 0 Å². The Labute approximate surface area is 103 Å². The van der Waals surface area contributed by atoms with Crippen molar-refractivity contribution in [3.05, 3.63) is 54.6 Å². The van der Waals surface area contributed by atoms with E-state index in [0.29, 0.717) is 0 Å². The smallest absolute Gasteiger partial charge is 0.109 e. The molecule has 1 aromatic heterocycles. The van der Waals surface area contributed by atoms with E-state index in [0.717, 1.165) is 5.92 Å². The molecular formula is C15H20N2. The SMILES string of the molecule is c1c[nH]c(C2CCCCC2)n1.c1ccccc1. The molecule has 0 spiro atoms. The van der Waals surface area contributed by atoms with Crippen LogP contribution < -0.4 is 0 Å². The monoisotopic (exact) mass is 228 g/mol. The highest BCUT2D eigenvalue weighted by Gasteiger charge is 2.16. The van der Waals surface area contributed by atoms with Crippen LogP contribution in [0.1, 0.15) is 43.8 Å². The lowest BCUT2D eigenvalue weighted by atomic mass is 9.89. The first kappa shape index (κ1) is 11.9. The molecule has 3 rings (SSSR count). The topological polar surface area (TPSA) is 28.7 Å². The lowest BCUT2D eigenvalue weighted by molar-refractivity contribution is 0.431. The first-order valence-corrected chi connectivity index (χ1v) is 6.46. The standard InChI is InChI=1S/C9H14N2.C6H6/c1-2-4-8(5-3-1)9-10-6-7-11-9;1-2-4-6-5-3-1/h6-8H,1-5H2,(H,10,11);1-6H. The number of imidazole rings is 1. The van der Waals surface area contributed by atoms with Crippen LogP contribution in [-0.2, 0) is 0 Å². The Balaban J connectivity index is 0.000000153. The predicted molar refractivity (Wildman–Crippen MR) is 70.9 cm³/mol. The van der Waals surface area contributed by atoms with Crippen LogP contribution in [-0.4, -0.2) is 9.97 Å². The van der Waals surface area contributed by atoms with Gasteiger partial charge in [0.25, 0.3) is 0 Å². The van der Waals surface area contributed by atoms with Gasteiger partial charge in [-0.15, -0.1) is 0 Å². The second-order valence-corrected chi connectivity index (χ2v) is 4.46. The van der Waals surface area contributed by atoms with Gasteiger partial charge in [-0.3, -0.25) is 0 Å². The number of aromatic amines is 1. The summed E-state index contributed by atoms with van der Waals surface area (Å²) in [6.45, 7) is 0. The van der Waals surface area contributed by atoms with Gasteiger partial charge in [0, 0.05) is 18.3 Å². The summed E-state index contributed by atoms with van der Waals surface area (Å²) >= 11 is 0. The average molecular weight is 228 g/mol. The van der Waals surface area contributed by atoms with Crippen LogP contribution in [0, 0.1) is 0 Å². The molecule has 0 saturated heterocycles. The lowest BCUT2D eigenvalue weighted by Crippen LogP contribution is -2.05. The van der Waals surface area contributed by atoms with Crippen LogP contribution >= 0.6 is 0 Å². The van der Waals surface area contributed by atoms with E-state index in [-0.39, 0.29) is 0 Å². The summed E-state index contributed by atoms with van der Waals surface area (Å²) in [6, 6.07) is 12.0. The molecule has 1 saturated carbocycles. The van der Waals surface area contributed by atoms with Crippen molar-refractivity contribution in [1.82, 2.24) is 9.97 Å². The van der Waals surface area contributed by atoms with Crippen molar-refractivity contribution in [1.29, 1.82) is 0 Å². The Kier molecular flexibility index (Phi) is 4.83. The van der Waals surface area contributed by atoms with Crippen molar-refractivity contribution >= 4 is 0 Å². The predicted octanol–water partition coefficient (Wildman–Crippen LogP) is 4.14. The van der Waals surface area contributed by atoms with E-state index in [4.69, 9.17) is 0 Å². The van der Waals surface area contributed by atoms with E-state index in [1.54, 1.807) is 0 Å². The van der Waals surface area contributed by atoms with Gasteiger partial charge in [0.2, 0.25) is 0 Å². The zero-order valence-electron chi connectivity index (χ0n) is 10.2. The first-order chi connectivity index (χ1) is 8.47. The van der Waals surface area contributed by atoms with E-state index >= 15 is 0 Å². The summed E-state index contributed by atoms with van der Waals surface area (Å²) in [7, 11) is 0. The van der Waals surface area contributed by atoms with Crippen LogP contribution in [0.2, 0.25) is 0 Å². The molecule has 2 aromatic rings. The molecule has 0 radical (unpaired) electrons. The molecule has 1 heterocycles. The van der Waals surface area contributed by atoms with Crippen LogP contribution in [0.25, 0.3) is 0 Å². The summed E-state index contributed by atoms with van der Waals surface area (Å²) in [5, 5.41) is 0. The third-order valence-corrected chi connectivity index (χ3v) is 3.18. The minimum atomic E-state index is 0.721. The largest absolute Gasteiger partial charge is 0.348 e. The highest BCUT2D eigenvalue weighted by atomic mass is 14.9. The van der Waals surface area contributed by atoms with E-state index < -0.39 is 0 Å². The van der Waals surface area contributed by atoms with Crippen LogP contribution in [0.3, 0.4) is 0 Å². The molecule has 17 heavy (non-hydrogen) atoms. The van der Waals surface area contributed by atoms with Gasteiger partial charge < -0.3 is 4.98 Å². The molecule has 90 valence electrons. The Morgan fingerprint density at radius 2 is 1.47 bits per heavy atom. The van der Waals surface area contributed by atoms with E-state index in [1.165, 1.54) is 37.9 Å². The zero-order chi connectivity index (χ0) is 11.8. The number of rotatable bonds is 1. The normalized spacial score (nSPS) is 16.0. The van der Waals surface area contributed by atoms with E-state index in [2.05, 4.69) is 9.97 Å². The fourth-order valence-corrected chi connectivity index (χ4v) is 2.26. The summed E-state index contributed by atoms with van der Waals surface area (Å²) in [6.07, 6.45) is 10.6. The maximum absolute atomic E-state index is 4.28. The molecule has 0 atom stereocenters. The molecule has 1 aliphatic rings. The van der Waals surface area contributed by atoms with Gasteiger partial charge in [0.15, 0.2) is 0 Å². The van der Waals surface area contributed by atoms with E-state index in [9.17, 15) is 0 Å². The maximum Gasteiger partial charge on any atom is 0.109 e. The molecule has 1 aromatic carbocycles. The van der Waals surface area contributed by atoms with Gasteiger partial charge in [-0.25, -0.2) is 4.98 Å². The first-order valence-electron chi connectivity index (χ1n) is 6.46. The van der Waals surface area contributed by atoms with Gasteiger partial charge in [0.1, 0.15) is 5.82 Å². The minimum absolute atomic E-state index is 0.721. The van der Waals surface area contributed by atoms with Gasteiger partial charge >= 0.3 is 0 Å². The number of hydrogen-bond donors (Lipinski definition) is 1. The number of nitrogens with one attached hydrogen (secondary N) is 1. The molecule has 1 N–H and O–H groups in total. The lowest BCUT2D eigenvalue weighted by Gasteiger charge is -2.18. The number of benzene rings is 1. The summed E-state index contributed by atoms with van der Waals surface area (Å²) < 4.78 is 0. The van der Waals surface area contributed by atoms with Crippen molar-refractivity contribution in [2.75, 3.05) is 0 Å².